The zero-order chi connectivity index (χ0) is 19.7. The maximum atomic E-state index is 12.8. The smallest absolute Gasteiger partial charge is 0.335 e. The van der Waals surface area contributed by atoms with Crippen molar-refractivity contribution in [1.82, 2.24) is 5.32 Å². The fourth-order valence-electron chi connectivity index (χ4n) is 2.70. The first-order chi connectivity index (χ1) is 12.8. The molecule has 0 saturated carbocycles. The van der Waals surface area contributed by atoms with Gasteiger partial charge in [0.25, 0.3) is 11.8 Å². The van der Waals surface area contributed by atoms with Crippen LogP contribution in [0.25, 0.3) is 6.08 Å². The highest BCUT2D eigenvalue weighted by atomic mass is 16.3. The molecule has 0 spiro atoms. The van der Waals surface area contributed by atoms with E-state index in [9.17, 15) is 24.6 Å². The van der Waals surface area contributed by atoms with Gasteiger partial charge in [0.1, 0.15) is 5.57 Å². The molecule has 0 unspecified atom stereocenters. The van der Waals surface area contributed by atoms with Gasteiger partial charge in [-0.3, -0.25) is 14.9 Å². The van der Waals surface area contributed by atoms with Crippen LogP contribution >= 0.6 is 0 Å². The summed E-state index contributed by atoms with van der Waals surface area (Å²) >= 11 is 0. The van der Waals surface area contributed by atoms with Gasteiger partial charge in [0.2, 0.25) is 0 Å². The molecular formula is C20H18N2O5. The Hall–Kier alpha value is -3.61. The molecule has 2 aromatic rings. The number of anilines is 1. The van der Waals surface area contributed by atoms with Crippen molar-refractivity contribution >= 4 is 29.6 Å². The Morgan fingerprint density at radius 1 is 0.963 bits per heavy atom. The Bertz CT molecular complexity index is 961. The molecule has 138 valence electrons. The van der Waals surface area contributed by atoms with Crippen LogP contribution in [-0.2, 0) is 9.59 Å². The van der Waals surface area contributed by atoms with E-state index < -0.39 is 17.8 Å². The number of barbiturate groups is 1. The van der Waals surface area contributed by atoms with Gasteiger partial charge in [0, 0.05) is 0 Å². The van der Waals surface area contributed by atoms with Crippen molar-refractivity contribution in [3.05, 3.63) is 59.2 Å². The number of phenols is 2. The third-order valence-corrected chi connectivity index (χ3v) is 4.23. The lowest BCUT2D eigenvalue weighted by Gasteiger charge is -2.26. The number of urea groups is 1. The first kappa shape index (κ1) is 18.2. The second-order valence-electron chi connectivity index (χ2n) is 6.45. The molecule has 27 heavy (non-hydrogen) atoms. The van der Waals surface area contributed by atoms with Gasteiger partial charge in [-0.15, -0.1) is 0 Å². The molecule has 7 heteroatoms. The standard InChI is InChI=1S/C20H18N2O5/c1-11(2)13-4-6-14(7-5-13)22-19(26)15(18(25)21-20(22)27)9-12-3-8-16(23)17(24)10-12/h3-11,23-24H,1-2H3,(H,21,25,27). The Labute approximate surface area is 155 Å². The van der Waals surface area contributed by atoms with Crippen LogP contribution in [-0.4, -0.2) is 28.1 Å². The topological polar surface area (TPSA) is 107 Å². The van der Waals surface area contributed by atoms with Gasteiger partial charge in [0.05, 0.1) is 5.69 Å². The summed E-state index contributed by atoms with van der Waals surface area (Å²) in [6.07, 6.45) is 1.25. The molecule has 3 rings (SSSR count). The van der Waals surface area contributed by atoms with E-state index in [0.717, 1.165) is 10.5 Å². The van der Waals surface area contributed by atoms with E-state index in [1.165, 1.54) is 24.3 Å². The summed E-state index contributed by atoms with van der Waals surface area (Å²) in [5.74, 6) is -2.01. The van der Waals surface area contributed by atoms with Gasteiger partial charge in [-0.05, 0) is 47.4 Å². The molecule has 0 radical (unpaired) electrons. The van der Waals surface area contributed by atoms with E-state index in [2.05, 4.69) is 5.32 Å². The van der Waals surface area contributed by atoms with E-state index in [0.29, 0.717) is 17.2 Å². The Morgan fingerprint density at radius 2 is 1.63 bits per heavy atom. The summed E-state index contributed by atoms with van der Waals surface area (Å²) < 4.78 is 0. The predicted octanol–water partition coefficient (Wildman–Crippen LogP) is 2.89. The lowest BCUT2D eigenvalue weighted by atomic mass is 10.0. The Morgan fingerprint density at radius 3 is 2.22 bits per heavy atom. The summed E-state index contributed by atoms with van der Waals surface area (Å²) in [6, 6.07) is 9.98. The molecule has 0 atom stereocenters. The predicted molar refractivity (Wildman–Crippen MR) is 99.3 cm³/mol. The number of hydrogen-bond donors (Lipinski definition) is 3. The quantitative estimate of drug-likeness (QED) is 0.440. The van der Waals surface area contributed by atoms with Gasteiger partial charge in [0.15, 0.2) is 11.5 Å². The number of amides is 4. The van der Waals surface area contributed by atoms with Crippen molar-refractivity contribution in [2.75, 3.05) is 4.90 Å². The molecule has 7 nitrogen and oxygen atoms in total. The van der Waals surface area contributed by atoms with Crippen molar-refractivity contribution in [3.8, 4) is 11.5 Å². The van der Waals surface area contributed by atoms with E-state index in [1.807, 2.05) is 26.0 Å². The fourth-order valence-corrected chi connectivity index (χ4v) is 2.70. The monoisotopic (exact) mass is 366 g/mol. The summed E-state index contributed by atoms with van der Waals surface area (Å²) in [6.45, 7) is 4.06. The molecule has 1 heterocycles. The third kappa shape index (κ3) is 3.52. The highest BCUT2D eigenvalue weighted by molar-refractivity contribution is 6.39. The molecule has 1 fully saturated rings. The average molecular weight is 366 g/mol. The van der Waals surface area contributed by atoms with Crippen LogP contribution in [0.1, 0.15) is 30.9 Å². The van der Waals surface area contributed by atoms with E-state index >= 15 is 0 Å². The lowest BCUT2D eigenvalue weighted by molar-refractivity contribution is -0.122. The van der Waals surface area contributed by atoms with Gasteiger partial charge < -0.3 is 10.2 Å². The van der Waals surface area contributed by atoms with Gasteiger partial charge in [-0.25, -0.2) is 9.69 Å². The first-order valence-electron chi connectivity index (χ1n) is 8.31. The zero-order valence-electron chi connectivity index (χ0n) is 14.8. The molecule has 0 aliphatic carbocycles. The average Bonchev–Trinajstić information content (AvgIpc) is 2.62. The van der Waals surface area contributed by atoms with Crippen molar-refractivity contribution in [1.29, 1.82) is 0 Å². The van der Waals surface area contributed by atoms with Crippen LogP contribution in [0.4, 0.5) is 10.5 Å². The number of phenolic OH excluding ortho intramolecular Hbond substituents is 2. The second-order valence-corrected chi connectivity index (χ2v) is 6.45. The molecule has 1 saturated heterocycles. The van der Waals surface area contributed by atoms with Crippen LogP contribution in [0.15, 0.2) is 48.0 Å². The van der Waals surface area contributed by atoms with E-state index in [1.54, 1.807) is 12.1 Å². The molecule has 0 bridgehead atoms. The van der Waals surface area contributed by atoms with Crippen LogP contribution in [0.3, 0.4) is 0 Å². The second kappa shape index (κ2) is 6.95. The maximum Gasteiger partial charge on any atom is 0.335 e. The minimum absolute atomic E-state index is 0.257. The van der Waals surface area contributed by atoms with Gasteiger partial charge in [-0.2, -0.15) is 0 Å². The highest BCUT2D eigenvalue weighted by Gasteiger charge is 2.36. The first-order valence-corrected chi connectivity index (χ1v) is 8.31. The minimum Gasteiger partial charge on any atom is -0.504 e. The minimum atomic E-state index is -0.826. The molecule has 1 aliphatic rings. The number of carbonyl (C=O) groups is 3. The Kier molecular flexibility index (Phi) is 4.68. The zero-order valence-corrected chi connectivity index (χ0v) is 14.8. The summed E-state index contributed by atoms with van der Waals surface area (Å²) in [4.78, 5) is 38.0. The van der Waals surface area contributed by atoms with Crippen LogP contribution in [0, 0.1) is 0 Å². The van der Waals surface area contributed by atoms with Crippen molar-refractivity contribution in [2.24, 2.45) is 0 Å². The SMILES string of the molecule is CC(C)c1ccc(N2C(=O)NC(=O)C(=Cc3ccc(O)c(O)c3)C2=O)cc1. The Balaban J connectivity index is 1.98. The van der Waals surface area contributed by atoms with Crippen LogP contribution in [0.2, 0.25) is 0 Å². The largest absolute Gasteiger partial charge is 0.504 e. The van der Waals surface area contributed by atoms with Crippen LogP contribution < -0.4 is 10.2 Å². The molecule has 4 amide bonds. The number of benzene rings is 2. The number of nitrogens with zero attached hydrogens (tertiary/aromatic N) is 1. The normalized spacial score (nSPS) is 16.2. The molecule has 0 aromatic heterocycles. The highest BCUT2D eigenvalue weighted by Crippen LogP contribution is 2.28. The van der Waals surface area contributed by atoms with E-state index in [4.69, 9.17) is 0 Å². The molecule has 2 aromatic carbocycles. The van der Waals surface area contributed by atoms with E-state index in [-0.39, 0.29) is 17.1 Å². The number of hydrogen-bond acceptors (Lipinski definition) is 5. The van der Waals surface area contributed by atoms with Gasteiger partial charge >= 0.3 is 6.03 Å². The summed E-state index contributed by atoms with van der Waals surface area (Å²) in [5, 5.41) is 21.1. The van der Waals surface area contributed by atoms with Crippen molar-refractivity contribution < 1.29 is 24.6 Å². The number of rotatable bonds is 3. The fraction of sp³-hybridized carbons (Fsp3) is 0.150. The molecule has 1 aliphatic heterocycles. The number of carbonyl (C=O) groups excluding carboxylic acids is 3. The number of imide groups is 2. The number of nitrogens with one attached hydrogen (secondary N) is 1. The summed E-state index contributed by atoms with van der Waals surface area (Å²) in [5.41, 5.74) is 1.46. The van der Waals surface area contributed by atoms with Crippen molar-refractivity contribution in [2.45, 2.75) is 19.8 Å². The van der Waals surface area contributed by atoms with Crippen LogP contribution in [0.5, 0.6) is 11.5 Å². The van der Waals surface area contributed by atoms with Gasteiger partial charge in [-0.1, -0.05) is 32.0 Å². The lowest BCUT2D eigenvalue weighted by Crippen LogP contribution is -2.54. The number of aromatic hydroxyl groups is 2. The summed E-state index contributed by atoms with van der Waals surface area (Å²) in [7, 11) is 0. The molecular weight excluding hydrogens is 348 g/mol. The van der Waals surface area contributed by atoms with Crippen molar-refractivity contribution in [3.63, 3.8) is 0 Å². The molecule has 3 N–H and O–H groups in total. The maximum absolute atomic E-state index is 12.8. The third-order valence-electron chi connectivity index (χ3n) is 4.23.